The number of carbonyl (C=O) groups excluding carboxylic acids is 1. The van der Waals surface area contributed by atoms with Gasteiger partial charge in [0.2, 0.25) is 17.5 Å². The average Bonchev–Trinajstić information content (AvgIpc) is 2.73. The Morgan fingerprint density at radius 1 is 1.09 bits per heavy atom. The van der Waals surface area contributed by atoms with E-state index >= 15 is 0 Å². The molecule has 0 radical (unpaired) electrons. The predicted molar refractivity (Wildman–Crippen MR) is 110 cm³/mol. The minimum absolute atomic E-state index is 0.00280. The van der Waals surface area contributed by atoms with Crippen molar-refractivity contribution in [2.45, 2.75) is 12.6 Å². The number of nitrogens with zero attached hydrogens (tertiary/aromatic N) is 3. The Hall–Kier alpha value is -3.93. The monoisotopic (exact) mass is 466 g/mol. The van der Waals surface area contributed by atoms with Crippen LogP contribution in [-0.2, 0) is 17.4 Å². The van der Waals surface area contributed by atoms with Gasteiger partial charge in [-0.25, -0.2) is 9.97 Å². The molecule has 0 atom stereocenters. The molecule has 9 nitrogen and oxygen atoms in total. The number of halogens is 4. The second-order valence-corrected chi connectivity index (χ2v) is 6.74. The Kier molecular flexibility index (Phi) is 6.73. The molecule has 0 aliphatic rings. The molecule has 0 aliphatic carbocycles. The number of carbonyl (C=O) groups is 1. The number of nitrogens with one attached hydrogen (secondary N) is 3. The van der Waals surface area contributed by atoms with Crippen molar-refractivity contribution in [3.63, 3.8) is 0 Å². The van der Waals surface area contributed by atoms with Crippen molar-refractivity contribution in [1.29, 1.82) is 0 Å². The number of benzene rings is 2. The SMILES string of the molecule is O=C(Cc1ccccc1)NNc1ncnc(Nc2ccc(Cl)c(C(F)(F)F)c2)c1[N+](=O)[O-]. The van der Waals surface area contributed by atoms with Crippen molar-refractivity contribution in [3.8, 4) is 0 Å². The maximum atomic E-state index is 13.1. The highest BCUT2D eigenvalue weighted by molar-refractivity contribution is 6.31. The lowest BCUT2D eigenvalue weighted by atomic mass is 10.1. The molecule has 3 aromatic rings. The molecule has 0 unspecified atom stereocenters. The van der Waals surface area contributed by atoms with Crippen LogP contribution in [0.25, 0.3) is 0 Å². The Labute approximate surface area is 183 Å². The zero-order chi connectivity index (χ0) is 23.3. The quantitative estimate of drug-likeness (QED) is 0.346. The van der Waals surface area contributed by atoms with Gasteiger partial charge in [0.15, 0.2) is 0 Å². The highest BCUT2D eigenvalue weighted by Crippen LogP contribution is 2.37. The number of hydrogen-bond donors (Lipinski definition) is 3. The minimum atomic E-state index is -4.72. The summed E-state index contributed by atoms with van der Waals surface area (Å²) >= 11 is 5.59. The smallest absolute Gasteiger partial charge is 0.334 e. The molecule has 166 valence electrons. The van der Waals surface area contributed by atoms with Gasteiger partial charge in [0.1, 0.15) is 6.33 Å². The summed E-state index contributed by atoms with van der Waals surface area (Å²) in [4.78, 5) is 30.3. The topological polar surface area (TPSA) is 122 Å². The van der Waals surface area contributed by atoms with Crippen LogP contribution in [0.2, 0.25) is 5.02 Å². The molecule has 0 saturated heterocycles. The van der Waals surface area contributed by atoms with Gasteiger partial charge >= 0.3 is 11.9 Å². The summed E-state index contributed by atoms with van der Waals surface area (Å²) in [6.45, 7) is 0. The van der Waals surface area contributed by atoms with Gasteiger partial charge in [-0.15, -0.1) is 0 Å². The lowest BCUT2D eigenvalue weighted by molar-refractivity contribution is -0.383. The summed E-state index contributed by atoms with van der Waals surface area (Å²) in [5, 5.41) is 13.5. The Morgan fingerprint density at radius 2 is 1.78 bits per heavy atom. The van der Waals surface area contributed by atoms with Crippen LogP contribution in [0.3, 0.4) is 0 Å². The van der Waals surface area contributed by atoms with Crippen molar-refractivity contribution in [3.05, 3.63) is 81.1 Å². The van der Waals surface area contributed by atoms with E-state index in [-0.39, 0.29) is 23.7 Å². The largest absolute Gasteiger partial charge is 0.417 e. The molecule has 1 aromatic heterocycles. The average molecular weight is 467 g/mol. The molecule has 13 heteroatoms. The maximum Gasteiger partial charge on any atom is 0.417 e. The van der Waals surface area contributed by atoms with Gasteiger partial charge < -0.3 is 5.32 Å². The fourth-order valence-corrected chi connectivity index (χ4v) is 2.87. The fourth-order valence-electron chi connectivity index (χ4n) is 2.65. The first-order valence-corrected chi connectivity index (χ1v) is 9.25. The number of alkyl halides is 3. The lowest BCUT2D eigenvalue weighted by Gasteiger charge is -2.13. The van der Waals surface area contributed by atoms with Crippen molar-refractivity contribution in [1.82, 2.24) is 15.4 Å². The zero-order valence-electron chi connectivity index (χ0n) is 16.0. The van der Waals surface area contributed by atoms with Gasteiger partial charge in [-0.1, -0.05) is 41.9 Å². The molecule has 0 spiro atoms. The van der Waals surface area contributed by atoms with Gasteiger partial charge in [0, 0.05) is 5.69 Å². The number of amides is 1. The van der Waals surface area contributed by atoms with Crippen LogP contribution in [0, 0.1) is 10.1 Å². The molecular weight excluding hydrogens is 453 g/mol. The van der Waals surface area contributed by atoms with Crippen LogP contribution in [0.4, 0.5) is 36.2 Å². The number of hydrogen-bond acceptors (Lipinski definition) is 7. The van der Waals surface area contributed by atoms with Gasteiger partial charge in [0.25, 0.3) is 0 Å². The second-order valence-electron chi connectivity index (χ2n) is 6.33. The van der Waals surface area contributed by atoms with Crippen molar-refractivity contribution in [2.75, 3.05) is 10.7 Å². The first kappa shape index (κ1) is 22.7. The molecular formula is C19H14ClF3N6O3. The first-order valence-electron chi connectivity index (χ1n) is 8.87. The van der Waals surface area contributed by atoms with E-state index in [0.717, 1.165) is 18.0 Å². The summed E-state index contributed by atoms with van der Waals surface area (Å²) in [6.07, 6.45) is -3.77. The van der Waals surface area contributed by atoms with Crippen molar-refractivity contribution in [2.24, 2.45) is 0 Å². The van der Waals surface area contributed by atoms with Crippen LogP contribution in [-0.4, -0.2) is 20.8 Å². The van der Waals surface area contributed by atoms with Crippen LogP contribution in [0.5, 0.6) is 0 Å². The van der Waals surface area contributed by atoms with E-state index in [9.17, 15) is 28.1 Å². The molecule has 0 saturated carbocycles. The van der Waals surface area contributed by atoms with E-state index in [0.29, 0.717) is 6.07 Å². The molecule has 32 heavy (non-hydrogen) atoms. The molecule has 0 aliphatic heterocycles. The highest BCUT2D eigenvalue weighted by Gasteiger charge is 2.33. The van der Waals surface area contributed by atoms with Gasteiger partial charge in [-0.2, -0.15) is 13.2 Å². The van der Waals surface area contributed by atoms with E-state index < -0.39 is 33.3 Å². The summed E-state index contributed by atoms with van der Waals surface area (Å²) in [6, 6.07) is 11.7. The van der Waals surface area contributed by atoms with E-state index in [4.69, 9.17) is 11.6 Å². The van der Waals surface area contributed by atoms with Crippen LogP contribution >= 0.6 is 11.6 Å². The summed E-state index contributed by atoms with van der Waals surface area (Å²) in [5.74, 6) is -1.25. The van der Waals surface area contributed by atoms with E-state index in [1.165, 1.54) is 6.07 Å². The first-order chi connectivity index (χ1) is 15.1. The Bertz CT molecular complexity index is 1140. The lowest BCUT2D eigenvalue weighted by Crippen LogP contribution is -2.31. The standard InChI is InChI=1S/C19H14ClF3N6O3/c20-14-7-6-12(9-13(14)19(21,22)23)26-17-16(29(31)32)18(25-10-24-17)28-27-15(30)8-11-4-2-1-3-5-11/h1-7,9-10H,8H2,(H,27,30)(H2,24,25,26,28). The third-order valence-electron chi connectivity index (χ3n) is 4.07. The van der Waals surface area contributed by atoms with Crippen LogP contribution in [0.15, 0.2) is 54.9 Å². The Balaban J connectivity index is 1.81. The van der Waals surface area contributed by atoms with Crippen LogP contribution in [0.1, 0.15) is 11.1 Å². The van der Waals surface area contributed by atoms with Crippen LogP contribution < -0.4 is 16.2 Å². The Morgan fingerprint density at radius 3 is 2.44 bits per heavy atom. The third kappa shape index (κ3) is 5.60. The summed E-state index contributed by atoms with van der Waals surface area (Å²) in [5.41, 5.74) is 3.42. The highest BCUT2D eigenvalue weighted by atomic mass is 35.5. The molecule has 2 aromatic carbocycles. The molecule has 0 bridgehead atoms. The van der Waals surface area contributed by atoms with Crippen molar-refractivity contribution >= 4 is 40.5 Å². The fraction of sp³-hybridized carbons (Fsp3) is 0.105. The third-order valence-corrected chi connectivity index (χ3v) is 4.40. The number of hydrazine groups is 1. The molecule has 0 fully saturated rings. The van der Waals surface area contributed by atoms with Crippen molar-refractivity contribution < 1.29 is 22.9 Å². The molecule has 1 heterocycles. The van der Waals surface area contributed by atoms with Gasteiger partial charge in [0.05, 0.1) is 21.9 Å². The normalized spacial score (nSPS) is 11.0. The maximum absolute atomic E-state index is 13.1. The molecule has 3 N–H and O–H groups in total. The second kappa shape index (κ2) is 9.47. The zero-order valence-corrected chi connectivity index (χ0v) is 16.7. The number of rotatable bonds is 7. The summed E-state index contributed by atoms with van der Waals surface area (Å²) in [7, 11) is 0. The number of anilines is 3. The summed E-state index contributed by atoms with van der Waals surface area (Å²) < 4.78 is 39.2. The van der Waals surface area contributed by atoms with E-state index in [1.807, 2.05) is 0 Å². The number of nitro groups is 1. The van der Waals surface area contributed by atoms with Gasteiger partial charge in [-0.05, 0) is 23.8 Å². The molecule has 1 amide bonds. The minimum Gasteiger partial charge on any atom is -0.334 e. The van der Waals surface area contributed by atoms with E-state index in [2.05, 4.69) is 26.1 Å². The van der Waals surface area contributed by atoms with E-state index in [1.54, 1.807) is 30.3 Å². The van der Waals surface area contributed by atoms with Gasteiger partial charge in [-0.3, -0.25) is 25.8 Å². The molecule has 3 rings (SSSR count). The number of aromatic nitrogens is 2. The predicted octanol–water partition coefficient (Wildman–Crippen LogP) is 4.49.